The van der Waals surface area contributed by atoms with Crippen molar-refractivity contribution in [3.8, 4) is 0 Å². The zero-order valence-electron chi connectivity index (χ0n) is 9.14. The second-order valence-electron chi connectivity index (χ2n) is 3.95. The summed E-state index contributed by atoms with van der Waals surface area (Å²) >= 11 is 1.40. The summed E-state index contributed by atoms with van der Waals surface area (Å²) in [5.74, 6) is 0.445. The van der Waals surface area contributed by atoms with Gasteiger partial charge in [-0.1, -0.05) is 36.0 Å². The highest BCUT2D eigenvalue weighted by molar-refractivity contribution is 8.15. The van der Waals surface area contributed by atoms with E-state index in [1.54, 1.807) is 0 Å². The summed E-state index contributed by atoms with van der Waals surface area (Å²) in [5, 5.41) is 11.6. The summed E-state index contributed by atoms with van der Waals surface area (Å²) in [5.41, 5.74) is 3.52. The van der Waals surface area contributed by atoms with Crippen molar-refractivity contribution in [3.63, 3.8) is 0 Å². The number of amides is 1. The molecule has 4 nitrogen and oxygen atoms in total. The molecule has 1 aliphatic heterocycles. The van der Waals surface area contributed by atoms with Crippen molar-refractivity contribution in [2.45, 2.75) is 12.8 Å². The first-order valence-corrected chi connectivity index (χ1v) is 6.47. The Labute approximate surface area is 103 Å². The van der Waals surface area contributed by atoms with Crippen molar-refractivity contribution in [1.82, 2.24) is 5.32 Å². The summed E-state index contributed by atoms with van der Waals surface area (Å²) in [6, 6.07) is 8.25. The fraction of sp³-hybridized carbons (Fsp3) is 0.250. The number of nitrogens with zero attached hydrogens (tertiary/aromatic N) is 2. The Morgan fingerprint density at radius 1 is 1.18 bits per heavy atom. The van der Waals surface area contributed by atoms with Gasteiger partial charge in [0.25, 0.3) is 0 Å². The number of fused-ring (bicyclic) bond motifs is 1. The van der Waals surface area contributed by atoms with Crippen molar-refractivity contribution >= 4 is 28.5 Å². The number of benzene rings is 1. The molecule has 5 heteroatoms. The van der Waals surface area contributed by atoms with E-state index in [2.05, 4.69) is 27.7 Å². The maximum Gasteiger partial charge on any atom is 0.236 e. The van der Waals surface area contributed by atoms with Gasteiger partial charge in [0.2, 0.25) is 5.91 Å². The van der Waals surface area contributed by atoms with Crippen LogP contribution in [0, 0.1) is 0 Å². The van der Waals surface area contributed by atoms with E-state index < -0.39 is 0 Å². The second-order valence-corrected chi connectivity index (χ2v) is 4.91. The van der Waals surface area contributed by atoms with E-state index in [1.807, 2.05) is 12.1 Å². The molecule has 0 radical (unpaired) electrons. The van der Waals surface area contributed by atoms with Crippen molar-refractivity contribution < 1.29 is 4.79 Å². The van der Waals surface area contributed by atoms with Gasteiger partial charge in [0.05, 0.1) is 11.5 Å². The van der Waals surface area contributed by atoms with Crippen LogP contribution in [0.3, 0.4) is 0 Å². The summed E-state index contributed by atoms with van der Waals surface area (Å²) in [7, 11) is 0. The van der Waals surface area contributed by atoms with Gasteiger partial charge in [0.15, 0.2) is 5.17 Å². The van der Waals surface area contributed by atoms with Crippen LogP contribution in [-0.2, 0) is 11.2 Å². The monoisotopic (exact) mass is 245 g/mol. The van der Waals surface area contributed by atoms with Crippen LogP contribution in [0.15, 0.2) is 34.5 Å². The molecule has 0 atom stereocenters. The molecule has 0 bridgehead atoms. The Kier molecular flexibility index (Phi) is 2.68. The van der Waals surface area contributed by atoms with Crippen LogP contribution in [0.1, 0.15) is 17.5 Å². The molecule has 1 fully saturated rings. The molecule has 86 valence electrons. The minimum absolute atomic E-state index is 0.000715. The molecule has 0 aromatic heterocycles. The summed E-state index contributed by atoms with van der Waals surface area (Å²) in [6.07, 6.45) is 1.95. The molecule has 17 heavy (non-hydrogen) atoms. The third kappa shape index (κ3) is 2.10. The SMILES string of the molecule is O=C1CS/C(=N/N=C2/CCc3ccccc32)N1. The molecule has 0 saturated carbocycles. The molecule has 1 aliphatic carbocycles. The van der Waals surface area contributed by atoms with Gasteiger partial charge in [0, 0.05) is 5.56 Å². The molecule has 2 aliphatic rings. The largest absolute Gasteiger partial charge is 0.303 e. The van der Waals surface area contributed by atoms with Gasteiger partial charge in [-0.05, 0) is 18.4 Å². The lowest BCUT2D eigenvalue weighted by Crippen LogP contribution is -2.19. The Hall–Kier alpha value is -1.62. The number of nitrogens with one attached hydrogen (secondary N) is 1. The Morgan fingerprint density at radius 3 is 2.88 bits per heavy atom. The van der Waals surface area contributed by atoms with Crippen LogP contribution < -0.4 is 5.32 Å². The molecule has 1 aromatic rings. The Morgan fingerprint density at radius 2 is 2.06 bits per heavy atom. The lowest BCUT2D eigenvalue weighted by Gasteiger charge is -1.97. The van der Waals surface area contributed by atoms with Crippen molar-refractivity contribution in [2.75, 3.05) is 5.75 Å². The van der Waals surface area contributed by atoms with E-state index in [9.17, 15) is 4.79 Å². The quantitative estimate of drug-likeness (QED) is 0.763. The molecule has 1 N–H and O–H groups in total. The average molecular weight is 245 g/mol. The van der Waals surface area contributed by atoms with Crippen LogP contribution in [-0.4, -0.2) is 22.5 Å². The van der Waals surface area contributed by atoms with Crippen LogP contribution in [0.2, 0.25) is 0 Å². The lowest BCUT2D eigenvalue weighted by atomic mass is 10.1. The van der Waals surface area contributed by atoms with Gasteiger partial charge in [0.1, 0.15) is 0 Å². The first kappa shape index (κ1) is 10.5. The number of hydrogen-bond acceptors (Lipinski definition) is 4. The normalized spacial score (nSPS) is 23.2. The highest BCUT2D eigenvalue weighted by Gasteiger charge is 2.18. The third-order valence-corrected chi connectivity index (χ3v) is 3.67. The van der Waals surface area contributed by atoms with Gasteiger partial charge in [-0.25, -0.2) is 0 Å². The topological polar surface area (TPSA) is 53.8 Å². The van der Waals surface area contributed by atoms with Gasteiger partial charge < -0.3 is 5.32 Å². The number of rotatable bonds is 1. The fourth-order valence-electron chi connectivity index (χ4n) is 2.00. The maximum atomic E-state index is 11.0. The first-order valence-electron chi connectivity index (χ1n) is 5.48. The molecule has 1 heterocycles. The van der Waals surface area contributed by atoms with E-state index in [-0.39, 0.29) is 5.91 Å². The molecule has 3 rings (SSSR count). The van der Waals surface area contributed by atoms with E-state index in [4.69, 9.17) is 0 Å². The molecule has 1 amide bonds. The first-order chi connectivity index (χ1) is 8.33. The smallest absolute Gasteiger partial charge is 0.236 e. The molecule has 0 unspecified atom stereocenters. The zero-order valence-corrected chi connectivity index (χ0v) is 9.96. The Bertz CT molecular complexity index is 536. The van der Waals surface area contributed by atoms with E-state index >= 15 is 0 Å². The van der Waals surface area contributed by atoms with E-state index in [1.165, 1.54) is 22.9 Å². The molecular weight excluding hydrogens is 234 g/mol. The summed E-state index contributed by atoms with van der Waals surface area (Å²) < 4.78 is 0. The second kappa shape index (κ2) is 4.33. The number of carbonyl (C=O) groups is 1. The standard InChI is InChI=1S/C12H11N3OS/c16-11-7-17-12(13-11)15-14-10-6-5-8-3-1-2-4-9(8)10/h1-4H,5-7H2,(H,13,15,16)/b14-10-. The van der Waals surface area contributed by atoms with Gasteiger partial charge in [-0.3, -0.25) is 4.79 Å². The van der Waals surface area contributed by atoms with Crippen LogP contribution >= 0.6 is 11.8 Å². The predicted octanol–water partition coefficient (Wildman–Crippen LogP) is 1.56. The zero-order chi connectivity index (χ0) is 11.7. The number of aryl methyl sites for hydroxylation is 1. The van der Waals surface area contributed by atoms with Crippen molar-refractivity contribution in [3.05, 3.63) is 35.4 Å². The molecule has 1 aromatic carbocycles. The van der Waals surface area contributed by atoms with Crippen LogP contribution in [0.5, 0.6) is 0 Å². The maximum absolute atomic E-state index is 11.0. The minimum Gasteiger partial charge on any atom is -0.303 e. The number of thioether (sulfide) groups is 1. The van der Waals surface area contributed by atoms with E-state index in [0.29, 0.717) is 10.9 Å². The van der Waals surface area contributed by atoms with Crippen LogP contribution in [0.4, 0.5) is 0 Å². The number of amidine groups is 1. The number of hydrogen-bond donors (Lipinski definition) is 1. The minimum atomic E-state index is 0.000715. The van der Waals surface area contributed by atoms with Gasteiger partial charge in [-0.15, -0.1) is 5.10 Å². The van der Waals surface area contributed by atoms with E-state index in [0.717, 1.165) is 18.6 Å². The number of carbonyl (C=O) groups excluding carboxylic acids is 1. The van der Waals surface area contributed by atoms with Crippen molar-refractivity contribution in [1.29, 1.82) is 0 Å². The lowest BCUT2D eigenvalue weighted by molar-refractivity contribution is -0.116. The van der Waals surface area contributed by atoms with Crippen molar-refractivity contribution in [2.24, 2.45) is 10.2 Å². The van der Waals surface area contributed by atoms with Crippen LogP contribution in [0.25, 0.3) is 0 Å². The average Bonchev–Trinajstić information content (AvgIpc) is 2.93. The highest BCUT2D eigenvalue weighted by Crippen LogP contribution is 2.22. The summed E-state index contributed by atoms with van der Waals surface area (Å²) in [4.78, 5) is 11.0. The third-order valence-electron chi connectivity index (χ3n) is 2.81. The fourth-order valence-corrected chi connectivity index (χ4v) is 2.62. The summed E-state index contributed by atoms with van der Waals surface area (Å²) in [6.45, 7) is 0. The molecule has 1 saturated heterocycles. The Balaban J connectivity index is 1.85. The predicted molar refractivity (Wildman–Crippen MR) is 69.3 cm³/mol. The van der Waals surface area contributed by atoms with Gasteiger partial charge >= 0.3 is 0 Å². The van der Waals surface area contributed by atoms with Gasteiger partial charge in [-0.2, -0.15) is 5.10 Å². The molecular formula is C12H11N3OS. The highest BCUT2D eigenvalue weighted by atomic mass is 32.2. The molecule has 0 spiro atoms.